The second-order valence-corrected chi connectivity index (χ2v) is 3.67. The molecule has 0 saturated heterocycles. The van der Waals surface area contributed by atoms with E-state index in [2.05, 4.69) is 46.5 Å². The predicted octanol–water partition coefficient (Wildman–Crippen LogP) is 2.01. The van der Waals surface area contributed by atoms with Crippen LogP contribution < -0.4 is 5.32 Å². The minimum atomic E-state index is 0.827. The summed E-state index contributed by atoms with van der Waals surface area (Å²) in [4.78, 5) is 7.03. The zero-order valence-corrected chi connectivity index (χ0v) is 8.83. The molecule has 0 aliphatic heterocycles. The fourth-order valence-electron chi connectivity index (χ4n) is 1.54. The first-order valence-electron chi connectivity index (χ1n) is 5.08. The summed E-state index contributed by atoms with van der Waals surface area (Å²) in [6, 6.07) is 8.52. The van der Waals surface area contributed by atoms with E-state index in [1.54, 1.807) is 6.33 Å². The Kier molecular flexibility index (Phi) is 3.15. The molecule has 2 aromatic rings. The molecule has 2 N–H and O–H groups in total. The summed E-state index contributed by atoms with van der Waals surface area (Å²) in [5.74, 6) is 0. The molecular weight excluding hydrogens is 186 g/mol. The highest BCUT2D eigenvalue weighted by Gasteiger charge is 1.94. The molecule has 0 spiro atoms. The maximum absolute atomic E-state index is 3.97. The Morgan fingerprint density at radius 1 is 1.33 bits per heavy atom. The van der Waals surface area contributed by atoms with Crippen molar-refractivity contribution in [3.63, 3.8) is 0 Å². The van der Waals surface area contributed by atoms with Crippen molar-refractivity contribution in [3.8, 4) is 0 Å². The zero-order valence-electron chi connectivity index (χ0n) is 8.83. The molecule has 78 valence electrons. The van der Waals surface area contributed by atoms with Crippen molar-refractivity contribution in [2.45, 2.75) is 20.0 Å². The SMILES string of the molecule is Cc1cccc(CNCc2cnc[nH]2)c1. The molecule has 0 aliphatic carbocycles. The molecule has 0 saturated carbocycles. The van der Waals surface area contributed by atoms with E-state index in [-0.39, 0.29) is 0 Å². The van der Waals surface area contributed by atoms with Gasteiger partial charge in [-0.25, -0.2) is 4.98 Å². The monoisotopic (exact) mass is 201 g/mol. The van der Waals surface area contributed by atoms with Crippen LogP contribution in [-0.4, -0.2) is 9.97 Å². The fraction of sp³-hybridized carbons (Fsp3) is 0.250. The summed E-state index contributed by atoms with van der Waals surface area (Å²) in [7, 11) is 0. The molecule has 0 bridgehead atoms. The van der Waals surface area contributed by atoms with Gasteiger partial charge in [0.15, 0.2) is 0 Å². The van der Waals surface area contributed by atoms with Gasteiger partial charge in [0.05, 0.1) is 6.33 Å². The quantitative estimate of drug-likeness (QED) is 0.794. The third kappa shape index (κ3) is 2.92. The number of hydrogen-bond donors (Lipinski definition) is 2. The first kappa shape index (κ1) is 9.93. The van der Waals surface area contributed by atoms with E-state index in [4.69, 9.17) is 0 Å². The minimum absolute atomic E-state index is 0.827. The number of rotatable bonds is 4. The molecule has 3 heteroatoms. The largest absolute Gasteiger partial charge is 0.347 e. The topological polar surface area (TPSA) is 40.7 Å². The lowest BCUT2D eigenvalue weighted by atomic mass is 10.1. The first-order valence-corrected chi connectivity index (χ1v) is 5.08. The number of nitrogens with one attached hydrogen (secondary N) is 2. The van der Waals surface area contributed by atoms with Gasteiger partial charge in [-0.05, 0) is 12.5 Å². The van der Waals surface area contributed by atoms with Crippen LogP contribution >= 0.6 is 0 Å². The van der Waals surface area contributed by atoms with Crippen LogP contribution in [0, 0.1) is 6.92 Å². The van der Waals surface area contributed by atoms with E-state index in [9.17, 15) is 0 Å². The minimum Gasteiger partial charge on any atom is -0.347 e. The zero-order chi connectivity index (χ0) is 10.5. The van der Waals surface area contributed by atoms with Gasteiger partial charge < -0.3 is 10.3 Å². The Hall–Kier alpha value is -1.61. The van der Waals surface area contributed by atoms with E-state index in [0.717, 1.165) is 18.8 Å². The van der Waals surface area contributed by atoms with Gasteiger partial charge in [0.1, 0.15) is 0 Å². The Balaban J connectivity index is 1.83. The number of nitrogens with zero attached hydrogens (tertiary/aromatic N) is 1. The number of aromatic amines is 1. The maximum atomic E-state index is 3.97. The van der Waals surface area contributed by atoms with Crippen molar-refractivity contribution >= 4 is 0 Å². The molecule has 0 amide bonds. The molecule has 0 aliphatic rings. The van der Waals surface area contributed by atoms with Crippen molar-refractivity contribution in [1.29, 1.82) is 0 Å². The highest BCUT2D eigenvalue weighted by atomic mass is 14.9. The number of imidazole rings is 1. The van der Waals surface area contributed by atoms with Gasteiger partial charge in [-0.2, -0.15) is 0 Å². The van der Waals surface area contributed by atoms with Crippen LogP contribution in [0.15, 0.2) is 36.8 Å². The Bertz CT molecular complexity index is 407. The summed E-state index contributed by atoms with van der Waals surface area (Å²) in [6.45, 7) is 3.83. The lowest BCUT2D eigenvalue weighted by Gasteiger charge is -2.04. The molecule has 0 radical (unpaired) electrons. The highest BCUT2D eigenvalue weighted by molar-refractivity contribution is 5.21. The molecule has 0 fully saturated rings. The fourth-order valence-corrected chi connectivity index (χ4v) is 1.54. The molecular formula is C12H15N3. The van der Waals surface area contributed by atoms with Gasteiger partial charge in [-0.3, -0.25) is 0 Å². The average molecular weight is 201 g/mol. The number of H-pyrrole nitrogens is 1. The lowest BCUT2D eigenvalue weighted by Crippen LogP contribution is -2.12. The Labute approximate surface area is 89.6 Å². The smallest absolute Gasteiger partial charge is 0.0922 e. The van der Waals surface area contributed by atoms with Crippen LogP contribution in [0.5, 0.6) is 0 Å². The van der Waals surface area contributed by atoms with Crippen molar-refractivity contribution in [2.24, 2.45) is 0 Å². The molecule has 1 aromatic carbocycles. The summed E-state index contributed by atoms with van der Waals surface area (Å²) >= 11 is 0. The summed E-state index contributed by atoms with van der Waals surface area (Å²) in [5.41, 5.74) is 3.73. The van der Waals surface area contributed by atoms with E-state index in [1.165, 1.54) is 11.1 Å². The van der Waals surface area contributed by atoms with Gasteiger partial charge in [0.25, 0.3) is 0 Å². The van der Waals surface area contributed by atoms with E-state index >= 15 is 0 Å². The van der Waals surface area contributed by atoms with Crippen LogP contribution in [0.3, 0.4) is 0 Å². The second-order valence-electron chi connectivity index (χ2n) is 3.67. The number of benzene rings is 1. The summed E-state index contributed by atoms with van der Waals surface area (Å²) in [6.07, 6.45) is 3.53. The van der Waals surface area contributed by atoms with Crippen LogP contribution in [0.2, 0.25) is 0 Å². The third-order valence-corrected chi connectivity index (χ3v) is 2.28. The van der Waals surface area contributed by atoms with Gasteiger partial charge in [-0.15, -0.1) is 0 Å². The van der Waals surface area contributed by atoms with Gasteiger partial charge in [0.2, 0.25) is 0 Å². The maximum Gasteiger partial charge on any atom is 0.0922 e. The molecule has 0 unspecified atom stereocenters. The van der Waals surface area contributed by atoms with Crippen molar-refractivity contribution in [1.82, 2.24) is 15.3 Å². The standard InChI is InChI=1S/C12H15N3/c1-10-3-2-4-11(5-10)6-13-7-12-8-14-9-15-12/h2-5,8-9,13H,6-7H2,1H3,(H,14,15). The van der Waals surface area contributed by atoms with Gasteiger partial charge in [0, 0.05) is 25.0 Å². The number of aryl methyl sites for hydroxylation is 1. The second kappa shape index (κ2) is 4.75. The van der Waals surface area contributed by atoms with Crippen LogP contribution in [0.4, 0.5) is 0 Å². The van der Waals surface area contributed by atoms with Crippen molar-refractivity contribution < 1.29 is 0 Å². The van der Waals surface area contributed by atoms with Crippen molar-refractivity contribution in [3.05, 3.63) is 53.6 Å². The molecule has 1 aromatic heterocycles. The molecule has 15 heavy (non-hydrogen) atoms. The number of hydrogen-bond acceptors (Lipinski definition) is 2. The highest BCUT2D eigenvalue weighted by Crippen LogP contribution is 2.03. The average Bonchev–Trinajstić information content (AvgIpc) is 2.71. The van der Waals surface area contributed by atoms with Crippen LogP contribution in [-0.2, 0) is 13.1 Å². The number of aromatic nitrogens is 2. The van der Waals surface area contributed by atoms with Crippen LogP contribution in [0.1, 0.15) is 16.8 Å². The molecule has 0 atom stereocenters. The van der Waals surface area contributed by atoms with E-state index < -0.39 is 0 Å². The first-order chi connectivity index (χ1) is 7.34. The van der Waals surface area contributed by atoms with Crippen molar-refractivity contribution in [2.75, 3.05) is 0 Å². The van der Waals surface area contributed by atoms with Crippen LogP contribution in [0.25, 0.3) is 0 Å². The molecule has 3 nitrogen and oxygen atoms in total. The Morgan fingerprint density at radius 3 is 3.00 bits per heavy atom. The molecule has 2 rings (SSSR count). The predicted molar refractivity (Wildman–Crippen MR) is 60.3 cm³/mol. The van der Waals surface area contributed by atoms with Gasteiger partial charge >= 0.3 is 0 Å². The lowest BCUT2D eigenvalue weighted by molar-refractivity contribution is 0.682. The molecule has 1 heterocycles. The Morgan fingerprint density at radius 2 is 2.27 bits per heavy atom. The summed E-state index contributed by atoms with van der Waals surface area (Å²) < 4.78 is 0. The van der Waals surface area contributed by atoms with E-state index in [1.807, 2.05) is 6.20 Å². The van der Waals surface area contributed by atoms with Gasteiger partial charge in [-0.1, -0.05) is 29.8 Å². The van der Waals surface area contributed by atoms with E-state index in [0.29, 0.717) is 0 Å². The normalized spacial score (nSPS) is 10.5. The third-order valence-electron chi connectivity index (χ3n) is 2.28. The summed E-state index contributed by atoms with van der Waals surface area (Å²) in [5, 5.41) is 3.36.